The zero-order valence-electron chi connectivity index (χ0n) is 25.3. The summed E-state index contributed by atoms with van der Waals surface area (Å²) in [7, 11) is 1.18. The Labute approximate surface area is 278 Å². The van der Waals surface area contributed by atoms with Crippen LogP contribution >= 0.6 is 22.9 Å². The average Bonchev–Trinajstić information content (AvgIpc) is 3.48. The quantitative estimate of drug-likeness (QED) is 0.155. The Hall–Kier alpha value is -5.10. The maximum absolute atomic E-state index is 14.5. The third-order valence-corrected chi connectivity index (χ3v) is 9.04. The molecular weight excluding hydrogens is 643 g/mol. The van der Waals surface area contributed by atoms with Crippen molar-refractivity contribution in [1.29, 1.82) is 0 Å². The van der Waals surface area contributed by atoms with E-state index in [9.17, 15) is 18.8 Å². The van der Waals surface area contributed by atoms with Crippen molar-refractivity contribution in [2.45, 2.75) is 19.9 Å². The number of ether oxygens (including phenoxy) is 2. The van der Waals surface area contributed by atoms with Gasteiger partial charge in [0.15, 0.2) is 11.5 Å². The van der Waals surface area contributed by atoms with E-state index in [4.69, 9.17) is 26.8 Å². The fraction of sp³-hybridized carbons (Fsp3) is 0.143. The number of pyridine rings is 1. The number of nitrogens with two attached hydrogens (primary N) is 1. The van der Waals surface area contributed by atoms with Crippen LogP contribution < -0.4 is 21.1 Å². The number of carbonyl (C=O) groups is 3. The number of aromatic nitrogens is 1. The molecule has 0 bridgehead atoms. The summed E-state index contributed by atoms with van der Waals surface area (Å²) in [6.45, 7) is 2.64. The van der Waals surface area contributed by atoms with Gasteiger partial charge in [0, 0.05) is 45.8 Å². The smallest absolute Gasteiger partial charge is 0.357 e. The Balaban J connectivity index is 1.48. The van der Waals surface area contributed by atoms with Crippen LogP contribution in [0.5, 0.6) is 5.75 Å². The molecule has 0 fully saturated rings. The number of carbonyl (C=O) groups excluding carboxylic acids is 3. The topological polar surface area (TPSA) is 133 Å². The lowest BCUT2D eigenvalue weighted by Gasteiger charge is -2.18. The number of aryl methyl sites for hydroxylation is 1. The molecule has 6 rings (SSSR count). The molecule has 238 valence electrons. The van der Waals surface area contributed by atoms with Crippen LogP contribution in [0.1, 0.15) is 48.0 Å². The number of amides is 2. The first-order chi connectivity index (χ1) is 22.7. The second-order valence-corrected chi connectivity index (χ2v) is 12.0. The number of halogens is 2. The molecular formula is C35H28ClFN4O5S. The first-order valence-corrected chi connectivity index (χ1v) is 15.8. The molecule has 0 spiro atoms. The van der Waals surface area contributed by atoms with Crippen molar-refractivity contribution in [2.24, 2.45) is 5.73 Å². The molecule has 1 aliphatic rings. The molecule has 9 nitrogen and oxygen atoms in total. The fourth-order valence-electron chi connectivity index (χ4n) is 5.35. The number of benzene rings is 3. The Bertz CT molecular complexity index is 2060. The fourth-order valence-corrected chi connectivity index (χ4v) is 6.50. The number of fused-ring (bicyclic) bond motifs is 3. The predicted octanol–water partition coefficient (Wildman–Crippen LogP) is 7.26. The Morgan fingerprint density at radius 2 is 1.81 bits per heavy atom. The van der Waals surface area contributed by atoms with Gasteiger partial charge < -0.3 is 25.8 Å². The van der Waals surface area contributed by atoms with Crippen LogP contribution in [0.15, 0.2) is 72.1 Å². The molecule has 2 amide bonds. The Morgan fingerprint density at radius 3 is 2.57 bits per heavy atom. The van der Waals surface area contributed by atoms with E-state index in [1.807, 2.05) is 30.5 Å². The minimum Gasteiger partial charge on any atom is -0.493 e. The Kier molecular flexibility index (Phi) is 9.04. The van der Waals surface area contributed by atoms with Crippen LogP contribution in [-0.4, -0.2) is 36.5 Å². The van der Waals surface area contributed by atoms with E-state index in [1.165, 1.54) is 37.4 Å². The van der Waals surface area contributed by atoms with Gasteiger partial charge in [0.05, 0.1) is 24.4 Å². The van der Waals surface area contributed by atoms with Crippen molar-refractivity contribution < 1.29 is 28.2 Å². The van der Waals surface area contributed by atoms with Gasteiger partial charge in [-0.05, 0) is 77.5 Å². The van der Waals surface area contributed by atoms with Gasteiger partial charge in [-0.3, -0.25) is 9.59 Å². The number of hydrogen-bond donors (Lipinski definition) is 3. The van der Waals surface area contributed by atoms with Gasteiger partial charge in [-0.25, -0.2) is 14.2 Å². The van der Waals surface area contributed by atoms with E-state index < -0.39 is 23.6 Å². The number of nitrogens with zero attached hydrogens (tertiary/aromatic N) is 1. The lowest BCUT2D eigenvalue weighted by Crippen LogP contribution is -2.19. The third kappa shape index (κ3) is 6.33. The lowest BCUT2D eigenvalue weighted by atomic mass is 9.93. The summed E-state index contributed by atoms with van der Waals surface area (Å²) in [4.78, 5) is 45.7. The first kappa shape index (κ1) is 31.9. The molecule has 0 atom stereocenters. The van der Waals surface area contributed by atoms with Gasteiger partial charge in [0.25, 0.3) is 11.8 Å². The predicted molar refractivity (Wildman–Crippen MR) is 180 cm³/mol. The van der Waals surface area contributed by atoms with Crippen molar-refractivity contribution >= 4 is 52.1 Å². The zero-order valence-corrected chi connectivity index (χ0v) is 26.9. The van der Waals surface area contributed by atoms with Crippen molar-refractivity contribution in [2.75, 3.05) is 24.4 Å². The van der Waals surface area contributed by atoms with Crippen LogP contribution in [0, 0.1) is 12.7 Å². The molecule has 0 saturated carbocycles. The Morgan fingerprint density at radius 1 is 1.00 bits per heavy atom. The van der Waals surface area contributed by atoms with Crippen molar-refractivity contribution in [3.8, 4) is 27.3 Å². The van der Waals surface area contributed by atoms with Crippen molar-refractivity contribution in [1.82, 2.24) is 4.98 Å². The van der Waals surface area contributed by atoms with Crippen molar-refractivity contribution in [3.05, 3.63) is 117 Å². The van der Waals surface area contributed by atoms with E-state index in [0.717, 1.165) is 27.1 Å². The number of rotatable bonds is 7. The van der Waals surface area contributed by atoms with Gasteiger partial charge in [-0.2, -0.15) is 0 Å². The summed E-state index contributed by atoms with van der Waals surface area (Å²) in [5.74, 6) is -2.36. The monoisotopic (exact) mass is 670 g/mol. The second kappa shape index (κ2) is 13.3. The van der Waals surface area contributed by atoms with Crippen LogP contribution in [-0.2, 0) is 17.7 Å². The van der Waals surface area contributed by atoms with E-state index in [-0.39, 0.29) is 33.2 Å². The van der Waals surface area contributed by atoms with Gasteiger partial charge in [-0.15, -0.1) is 11.3 Å². The maximum atomic E-state index is 14.5. The molecule has 3 aromatic carbocycles. The average molecular weight is 671 g/mol. The SMILES string of the molecule is COC(=O)c1nc(C(=O)Nc2cccc(Cl)c2F)ccc1-c1cc2c(cc1C(=O)Nc1ccc(CN)cc1C)-c1sccc1CCO2. The van der Waals surface area contributed by atoms with E-state index in [2.05, 4.69) is 15.6 Å². The molecule has 0 aliphatic carbocycles. The molecule has 47 heavy (non-hydrogen) atoms. The minimum atomic E-state index is -0.848. The highest BCUT2D eigenvalue weighted by atomic mass is 35.5. The van der Waals surface area contributed by atoms with Gasteiger partial charge in [0.2, 0.25) is 0 Å². The highest BCUT2D eigenvalue weighted by Crippen LogP contribution is 2.43. The standard InChI is InChI=1S/C35H28ClFN4O5S/c1-18-14-19(17-38)6-8-26(18)40-33(42)23-15-24-29(46-12-10-20-11-13-47-32(20)24)16-22(23)21-7-9-28(39-31(21)35(44)45-2)34(43)41-27-5-3-4-25(36)30(27)37/h3-9,11,13-16H,10,12,17,38H2,1-2H3,(H,40,42)(H,41,43). The molecule has 0 saturated heterocycles. The first-order valence-electron chi connectivity index (χ1n) is 14.5. The highest BCUT2D eigenvalue weighted by Gasteiger charge is 2.27. The summed E-state index contributed by atoms with van der Waals surface area (Å²) < 4.78 is 25.7. The molecule has 12 heteroatoms. The number of anilines is 2. The van der Waals surface area contributed by atoms with Crippen LogP contribution in [0.2, 0.25) is 5.02 Å². The summed E-state index contributed by atoms with van der Waals surface area (Å²) in [6, 6.07) is 18.1. The highest BCUT2D eigenvalue weighted by molar-refractivity contribution is 7.13. The largest absolute Gasteiger partial charge is 0.493 e. The molecule has 1 aliphatic heterocycles. The number of hydrogen-bond acceptors (Lipinski definition) is 8. The van der Waals surface area contributed by atoms with E-state index >= 15 is 0 Å². The third-order valence-electron chi connectivity index (χ3n) is 7.76. The zero-order chi connectivity index (χ0) is 33.2. The number of thiophene rings is 1. The number of esters is 1. The molecule has 2 aromatic heterocycles. The lowest BCUT2D eigenvalue weighted by molar-refractivity contribution is 0.0594. The van der Waals surface area contributed by atoms with Gasteiger partial charge >= 0.3 is 5.97 Å². The van der Waals surface area contributed by atoms with E-state index in [0.29, 0.717) is 36.6 Å². The number of methoxy groups -OCH3 is 1. The summed E-state index contributed by atoms with van der Waals surface area (Å²) in [5, 5.41) is 7.25. The minimum absolute atomic E-state index is 0.155. The maximum Gasteiger partial charge on any atom is 0.357 e. The molecule has 5 aromatic rings. The normalized spacial score (nSPS) is 11.9. The summed E-state index contributed by atoms with van der Waals surface area (Å²) >= 11 is 7.41. The summed E-state index contributed by atoms with van der Waals surface area (Å²) in [6.07, 6.45) is 0.684. The van der Waals surface area contributed by atoms with Gasteiger partial charge in [-0.1, -0.05) is 29.8 Å². The second-order valence-electron chi connectivity index (χ2n) is 10.7. The molecule has 3 heterocycles. The molecule has 4 N–H and O–H groups in total. The van der Waals surface area contributed by atoms with Crippen molar-refractivity contribution in [3.63, 3.8) is 0 Å². The van der Waals surface area contributed by atoms with Crippen LogP contribution in [0.3, 0.4) is 0 Å². The number of nitrogens with one attached hydrogen (secondary N) is 2. The van der Waals surface area contributed by atoms with E-state index in [1.54, 1.807) is 29.5 Å². The van der Waals surface area contributed by atoms with Gasteiger partial charge in [0.1, 0.15) is 11.4 Å². The van der Waals surface area contributed by atoms with Crippen LogP contribution in [0.4, 0.5) is 15.8 Å². The molecule has 0 radical (unpaired) electrons. The summed E-state index contributed by atoms with van der Waals surface area (Å²) in [5.41, 5.74) is 10.2. The van der Waals surface area contributed by atoms with Crippen LogP contribution in [0.25, 0.3) is 21.6 Å². The molecule has 0 unspecified atom stereocenters.